The van der Waals surface area contributed by atoms with Crippen LogP contribution in [-0.2, 0) is 28.5 Å². The van der Waals surface area contributed by atoms with E-state index in [9.17, 15) is 4.79 Å². The van der Waals surface area contributed by atoms with E-state index in [2.05, 4.69) is 32.1 Å². The molecule has 0 aromatic rings. The van der Waals surface area contributed by atoms with Crippen molar-refractivity contribution in [3.63, 3.8) is 0 Å². The summed E-state index contributed by atoms with van der Waals surface area (Å²) in [5.74, 6) is 0.0723. The number of carbonyl (C=O) groups is 1. The molecule has 6 atom stereocenters. The van der Waals surface area contributed by atoms with E-state index < -0.39 is 6.10 Å². The zero-order valence-electron chi connectivity index (χ0n) is 19.4. The number of unbranched alkanes of at least 4 members (excludes halogenated alkanes) is 5. The third kappa shape index (κ3) is 6.88. The summed E-state index contributed by atoms with van der Waals surface area (Å²) in [7, 11) is 1.65. The number of allylic oxidation sites excluding steroid dienone is 1. The summed E-state index contributed by atoms with van der Waals surface area (Å²) in [6.45, 7) is 5.65. The molecular formula is C25H40O6. The molecule has 2 fully saturated rings. The zero-order valence-corrected chi connectivity index (χ0v) is 19.4. The van der Waals surface area contributed by atoms with Crippen molar-refractivity contribution in [3.05, 3.63) is 23.8 Å². The first-order chi connectivity index (χ1) is 15.1. The number of rotatable bonds is 13. The lowest BCUT2D eigenvalue weighted by Gasteiger charge is -2.41. The van der Waals surface area contributed by atoms with Gasteiger partial charge in [0.25, 0.3) is 0 Å². The molecular weight excluding hydrogens is 396 g/mol. The van der Waals surface area contributed by atoms with Gasteiger partial charge in [-0.2, -0.15) is 0 Å². The summed E-state index contributed by atoms with van der Waals surface area (Å²) in [4.78, 5) is 12.7. The first-order valence-corrected chi connectivity index (χ1v) is 12.0. The number of hydrogen-bond donors (Lipinski definition) is 0. The minimum Gasteiger partial charge on any atom is -0.460 e. The first kappa shape index (κ1) is 24.4. The number of carbonyl (C=O) groups excluding carboxylic acids is 1. The van der Waals surface area contributed by atoms with E-state index in [-0.39, 0.29) is 42.9 Å². The Kier molecular flexibility index (Phi) is 10.0. The van der Waals surface area contributed by atoms with Gasteiger partial charge in [-0.15, -0.1) is 0 Å². The Balaban J connectivity index is 1.50. The molecule has 0 radical (unpaired) electrons. The molecule has 0 unspecified atom stereocenters. The van der Waals surface area contributed by atoms with Gasteiger partial charge in [-0.05, 0) is 31.8 Å². The normalized spacial score (nSPS) is 32.6. The average molecular weight is 437 g/mol. The topological polar surface area (TPSA) is 63.2 Å². The quantitative estimate of drug-likeness (QED) is 0.182. The molecule has 0 N–H and O–H groups in total. The van der Waals surface area contributed by atoms with Crippen LogP contribution in [0.2, 0.25) is 0 Å². The van der Waals surface area contributed by atoms with Crippen molar-refractivity contribution in [2.24, 2.45) is 11.8 Å². The molecule has 1 saturated heterocycles. The molecule has 0 spiro atoms. The molecule has 6 nitrogen and oxygen atoms in total. The fourth-order valence-corrected chi connectivity index (χ4v) is 4.91. The van der Waals surface area contributed by atoms with Crippen molar-refractivity contribution < 1.29 is 28.5 Å². The van der Waals surface area contributed by atoms with Gasteiger partial charge in [0.1, 0.15) is 12.9 Å². The highest BCUT2D eigenvalue weighted by Crippen LogP contribution is 2.45. The zero-order chi connectivity index (χ0) is 22.1. The summed E-state index contributed by atoms with van der Waals surface area (Å²) in [5, 5.41) is 0. The molecule has 3 aliphatic rings. The van der Waals surface area contributed by atoms with Crippen LogP contribution < -0.4 is 0 Å². The molecule has 2 heterocycles. The monoisotopic (exact) mass is 436 g/mol. The Morgan fingerprint density at radius 3 is 2.81 bits per heavy atom. The Hall–Kier alpha value is -1.21. The van der Waals surface area contributed by atoms with Gasteiger partial charge in [0, 0.05) is 25.4 Å². The lowest BCUT2D eigenvalue weighted by atomic mass is 9.79. The summed E-state index contributed by atoms with van der Waals surface area (Å²) in [6, 6.07) is 0. The van der Waals surface area contributed by atoms with E-state index in [1.165, 1.54) is 37.7 Å². The van der Waals surface area contributed by atoms with Crippen LogP contribution in [0.15, 0.2) is 23.8 Å². The molecule has 1 aliphatic carbocycles. The van der Waals surface area contributed by atoms with Crippen LogP contribution in [0.25, 0.3) is 0 Å². The summed E-state index contributed by atoms with van der Waals surface area (Å²) >= 11 is 0. The molecule has 1 saturated carbocycles. The first-order valence-electron chi connectivity index (χ1n) is 12.0. The van der Waals surface area contributed by atoms with Gasteiger partial charge in [-0.1, -0.05) is 50.8 Å². The fourth-order valence-electron chi connectivity index (χ4n) is 4.91. The molecule has 3 rings (SSSR count). The number of ether oxygens (including phenoxy) is 5. The predicted octanol–water partition coefficient (Wildman–Crippen LogP) is 4.57. The molecule has 0 amide bonds. The Bertz CT molecular complexity index is 615. The summed E-state index contributed by atoms with van der Waals surface area (Å²) in [6.07, 6.45) is 14.9. The van der Waals surface area contributed by atoms with E-state index >= 15 is 0 Å². The smallest absolute Gasteiger partial charge is 0.336 e. The standard InChI is InChI=1S/C25H40O6/c1-4-5-6-7-8-9-10-11-22-18(2)14-21-20-15-19(29-17-28-13-12-27-3)16-23(20)31-25(26)24(21)30-22/h10-11,14,19-24H,4-9,12-13,15-17H2,1-3H3/b11-10+/t19-,20+,21+,22-,23-,24+/m0/s1. The van der Waals surface area contributed by atoms with Gasteiger partial charge in [0.2, 0.25) is 0 Å². The second kappa shape index (κ2) is 12.7. The van der Waals surface area contributed by atoms with Gasteiger partial charge in [-0.3, -0.25) is 0 Å². The van der Waals surface area contributed by atoms with Crippen LogP contribution >= 0.6 is 0 Å². The third-order valence-electron chi connectivity index (χ3n) is 6.65. The van der Waals surface area contributed by atoms with E-state index in [1.807, 2.05) is 0 Å². The van der Waals surface area contributed by atoms with Gasteiger partial charge in [0.05, 0.1) is 25.4 Å². The predicted molar refractivity (Wildman–Crippen MR) is 119 cm³/mol. The van der Waals surface area contributed by atoms with Crippen LogP contribution in [0.3, 0.4) is 0 Å². The SMILES string of the molecule is CCCCCCC/C=C/[C@@H]1O[C@H]2C(=O)O[C@H]3C[C@@H](OCOCCOC)C[C@@H]3[C@H]2C=C1C. The Labute approximate surface area is 187 Å². The molecule has 6 heteroatoms. The highest BCUT2D eigenvalue weighted by atomic mass is 16.7. The van der Waals surface area contributed by atoms with E-state index in [1.54, 1.807) is 7.11 Å². The van der Waals surface area contributed by atoms with Gasteiger partial charge >= 0.3 is 5.97 Å². The van der Waals surface area contributed by atoms with Crippen LogP contribution in [0.1, 0.15) is 65.2 Å². The largest absolute Gasteiger partial charge is 0.460 e. The van der Waals surface area contributed by atoms with Crippen molar-refractivity contribution in [2.75, 3.05) is 27.1 Å². The van der Waals surface area contributed by atoms with Crippen LogP contribution in [0.4, 0.5) is 0 Å². The minimum absolute atomic E-state index is 0.0446. The second-order valence-corrected chi connectivity index (χ2v) is 9.01. The summed E-state index contributed by atoms with van der Waals surface area (Å²) < 4.78 is 28.2. The Morgan fingerprint density at radius 2 is 2.00 bits per heavy atom. The Morgan fingerprint density at radius 1 is 1.16 bits per heavy atom. The number of fused-ring (bicyclic) bond motifs is 3. The number of methoxy groups -OCH3 is 1. The lowest BCUT2D eigenvalue weighted by molar-refractivity contribution is -0.185. The van der Waals surface area contributed by atoms with Crippen LogP contribution in [0, 0.1) is 11.8 Å². The molecule has 0 aromatic carbocycles. The fraction of sp³-hybridized carbons (Fsp3) is 0.800. The molecule has 176 valence electrons. The maximum absolute atomic E-state index is 12.7. The molecule has 0 bridgehead atoms. The molecule has 2 aliphatic heterocycles. The van der Waals surface area contributed by atoms with Crippen molar-refractivity contribution in [1.29, 1.82) is 0 Å². The van der Waals surface area contributed by atoms with Gasteiger partial charge in [-0.25, -0.2) is 4.79 Å². The third-order valence-corrected chi connectivity index (χ3v) is 6.65. The van der Waals surface area contributed by atoms with E-state index in [4.69, 9.17) is 23.7 Å². The maximum Gasteiger partial charge on any atom is 0.336 e. The van der Waals surface area contributed by atoms with E-state index in [0.29, 0.717) is 13.2 Å². The van der Waals surface area contributed by atoms with Crippen molar-refractivity contribution >= 4 is 5.97 Å². The van der Waals surface area contributed by atoms with Gasteiger partial charge in [0.15, 0.2) is 6.10 Å². The second-order valence-electron chi connectivity index (χ2n) is 9.01. The average Bonchev–Trinajstić information content (AvgIpc) is 3.16. The van der Waals surface area contributed by atoms with E-state index in [0.717, 1.165) is 19.3 Å². The van der Waals surface area contributed by atoms with Crippen LogP contribution in [-0.4, -0.2) is 57.5 Å². The van der Waals surface area contributed by atoms with Gasteiger partial charge < -0.3 is 23.7 Å². The summed E-state index contributed by atoms with van der Waals surface area (Å²) in [5.41, 5.74) is 1.18. The lowest BCUT2D eigenvalue weighted by Crippen LogP contribution is -2.50. The van der Waals surface area contributed by atoms with Crippen molar-refractivity contribution in [3.8, 4) is 0 Å². The maximum atomic E-state index is 12.7. The molecule has 31 heavy (non-hydrogen) atoms. The van der Waals surface area contributed by atoms with Crippen LogP contribution in [0.5, 0.6) is 0 Å². The van der Waals surface area contributed by atoms with Crippen molar-refractivity contribution in [1.82, 2.24) is 0 Å². The minimum atomic E-state index is -0.513. The highest BCUT2D eigenvalue weighted by molar-refractivity contribution is 5.77. The van der Waals surface area contributed by atoms with Crippen molar-refractivity contribution in [2.45, 2.75) is 89.6 Å². The number of esters is 1. The number of hydrogen-bond acceptors (Lipinski definition) is 6. The highest BCUT2D eigenvalue weighted by Gasteiger charge is 2.52. The molecule has 0 aromatic heterocycles.